The van der Waals surface area contributed by atoms with E-state index in [0.717, 1.165) is 63.1 Å². The van der Waals surface area contributed by atoms with Gasteiger partial charge in [0.1, 0.15) is 17.7 Å². The van der Waals surface area contributed by atoms with Gasteiger partial charge in [0.2, 0.25) is 0 Å². The van der Waals surface area contributed by atoms with Crippen molar-refractivity contribution in [1.29, 1.82) is 0 Å². The number of hydrogen-bond donors (Lipinski definition) is 3. The van der Waals surface area contributed by atoms with E-state index >= 15 is 0 Å². The largest absolute Gasteiger partial charge is 0.485 e. The average Bonchev–Trinajstić information content (AvgIpc) is 3.39. The smallest absolute Gasteiger partial charge is 0.167 e. The second-order valence-electron chi connectivity index (χ2n) is 7.41. The van der Waals surface area contributed by atoms with E-state index in [-0.39, 0.29) is 17.7 Å². The van der Waals surface area contributed by atoms with Crippen LogP contribution in [0.2, 0.25) is 0 Å². The average molecular weight is 377 g/mol. The summed E-state index contributed by atoms with van der Waals surface area (Å²) in [5.74, 6) is 0.122. The van der Waals surface area contributed by atoms with Crippen molar-refractivity contribution in [2.75, 3.05) is 13.1 Å². The topological polar surface area (TPSA) is 52.8 Å². The van der Waals surface area contributed by atoms with Crippen molar-refractivity contribution in [2.24, 2.45) is 0 Å². The molecule has 0 radical (unpaired) electrons. The number of benzene rings is 3. The monoisotopic (exact) mass is 377 g/mol. The van der Waals surface area contributed by atoms with Gasteiger partial charge in [0, 0.05) is 39.1 Å². The number of nitrogens with one attached hydrogen (secondary N) is 3. The van der Waals surface area contributed by atoms with Crippen molar-refractivity contribution in [3.63, 3.8) is 0 Å². The highest BCUT2D eigenvalue weighted by atomic mass is 19.1. The molecule has 3 N–H and O–H groups in total. The van der Waals surface area contributed by atoms with Crippen LogP contribution in [-0.4, -0.2) is 29.2 Å². The first kappa shape index (κ1) is 15.9. The Morgan fingerprint density at radius 1 is 0.786 bits per heavy atom. The minimum absolute atomic E-state index is 0.0556. The van der Waals surface area contributed by atoms with Gasteiger partial charge in [-0.1, -0.05) is 0 Å². The molecule has 2 aromatic heterocycles. The van der Waals surface area contributed by atoms with E-state index in [1.807, 2.05) is 6.07 Å². The summed E-state index contributed by atoms with van der Waals surface area (Å²) in [5, 5.41) is 6.63. The maximum Gasteiger partial charge on any atom is 0.167 e. The first-order valence-electron chi connectivity index (χ1n) is 9.39. The summed E-state index contributed by atoms with van der Waals surface area (Å²) >= 11 is 0. The summed E-state index contributed by atoms with van der Waals surface area (Å²) in [7, 11) is 0. The predicted molar refractivity (Wildman–Crippen MR) is 107 cm³/mol. The molecule has 0 amide bonds. The summed E-state index contributed by atoms with van der Waals surface area (Å²) in [4.78, 5) is 6.78. The molecule has 0 bridgehead atoms. The molecule has 1 fully saturated rings. The Morgan fingerprint density at radius 2 is 1.39 bits per heavy atom. The zero-order valence-electron chi connectivity index (χ0n) is 14.9. The quantitative estimate of drug-likeness (QED) is 0.407. The second kappa shape index (κ2) is 5.69. The van der Waals surface area contributed by atoms with Crippen molar-refractivity contribution in [3.05, 3.63) is 54.1 Å². The molecule has 5 aromatic rings. The molecule has 1 saturated heterocycles. The first-order valence-corrected chi connectivity index (χ1v) is 9.39. The normalized spacial score (nSPS) is 17.4. The highest BCUT2D eigenvalue weighted by molar-refractivity contribution is 6.20. The molecule has 1 aliphatic rings. The van der Waals surface area contributed by atoms with Crippen LogP contribution in [0.4, 0.5) is 8.78 Å². The fourth-order valence-corrected chi connectivity index (χ4v) is 4.31. The van der Waals surface area contributed by atoms with Gasteiger partial charge in [-0.25, -0.2) is 8.78 Å². The minimum atomic E-state index is -0.291. The fraction of sp³-hybridized carbons (Fsp3) is 0.182. The zero-order valence-corrected chi connectivity index (χ0v) is 14.9. The number of ether oxygens (including phenoxy) is 1. The Labute approximate surface area is 158 Å². The van der Waals surface area contributed by atoms with Gasteiger partial charge in [-0.2, -0.15) is 0 Å². The molecule has 0 saturated carbocycles. The van der Waals surface area contributed by atoms with E-state index in [1.165, 1.54) is 24.3 Å². The van der Waals surface area contributed by atoms with Gasteiger partial charge < -0.3 is 20.0 Å². The lowest BCUT2D eigenvalue weighted by Crippen LogP contribution is -2.19. The molecule has 3 aromatic carbocycles. The summed E-state index contributed by atoms with van der Waals surface area (Å²) in [5.41, 5.74) is 3.34. The number of halogens is 2. The summed E-state index contributed by atoms with van der Waals surface area (Å²) in [6.07, 6.45) is 0.974. The van der Waals surface area contributed by atoms with E-state index in [0.29, 0.717) is 5.75 Å². The second-order valence-corrected chi connectivity index (χ2v) is 7.41. The zero-order chi connectivity index (χ0) is 18.8. The Kier molecular flexibility index (Phi) is 3.23. The number of aromatic amines is 2. The molecule has 4 nitrogen and oxygen atoms in total. The molecule has 6 heteroatoms. The van der Waals surface area contributed by atoms with Gasteiger partial charge in [-0.15, -0.1) is 0 Å². The number of aromatic nitrogens is 2. The Balaban J connectivity index is 1.75. The number of rotatable bonds is 2. The third-order valence-electron chi connectivity index (χ3n) is 5.64. The number of H-pyrrole nitrogens is 2. The van der Waals surface area contributed by atoms with Gasteiger partial charge in [0.15, 0.2) is 5.75 Å². The minimum Gasteiger partial charge on any atom is -0.485 e. The van der Waals surface area contributed by atoms with Crippen molar-refractivity contribution in [2.45, 2.75) is 12.5 Å². The van der Waals surface area contributed by atoms with Gasteiger partial charge in [0.05, 0.1) is 11.0 Å². The molecule has 3 heterocycles. The molecule has 6 rings (SSSR count). The third-order valence-corrected chi connectivity index (χ3v) is 5.64. The van der Waals surface area contributed by atoms with Crippen molar-refractivity contribution in [1.82, 2.24) is 15.3 Å². The van der Waals surface area contributed by atoms with E-state index < -0.39 is 0 Å². The standard InChI is InChI=1S/C22H17F2N3O/c23-11-1-3-18-14(7-11)16-9-17-15-8-12(24)2-4-19(15)27-21(17)22(20(16)26-18)28-13-5-6-25-10-13/h1-4,7-9,13,25-27H,5-6,10H2. The Morgan fingerprint density at radius 3 is 1.93 bits per heavy atom. The van der Waals surface area contributed by atoms with Crippen molar-refractivity contribution >= 4 is 43.6 Å². The molecular formula is C22H17F2N3O. The highest BCUT2D eigenvalue weighted by Crippen LogP contribution is 2.41. The molecular weight excluding hydrogens is 360 g/mol. The molecule has 28 heavy (non-hydrogen) atoms. The van der Waals surface area contributed by atoms with Crippen molar-refractivity contribution in [3.8, 4) is 5.75 Å². The number of fused-ring (bicyclic) bond motifs is 6. The van der Waals surface area contributed by atoms with E-state index in [1.54, 1.807) is 12.1 Å². The fourth-order valence-electron chi connectivity index (χ4n) is 4.31. The van der Waals surface area contributed by atoms with Gasteiger partial charge in [-0.3, -0.25) is 0 Å². The highest BCUT2D eigenvalue weighted by Gasteiger charge is 2.22. The molecule has 0 spiro atoms. The maximum absolute atomic E-state index is 13.9. The van der Waals surface area contributed by atoms with Crippen LogP contribution in [0.3, 0.4) is 0 Å². The molecule has 1 atom stereocenters. The number of hydrogen-bond acceptors (Lipinski definition) is 2. The van der Waals surface area contributed by atoms with Crippen LogP contribution in [0.15, 0.2) is 42.5 Å². The van der Waals surface area contributed by atoms with Gasteiger partial charge in [-0.05, 0) is 55.4 Å². The molecule has 140 valence electrons. The summed E-state index contributed by atoms with van der Waals surface area (Å²) in [6.45, 7) is 1.70. The molecule has 1 unspecified atom stereocenters. The van der Waals surface area contributed by atoms with E-state index in [9.17, 15) is 8.78 Å². The lowest BCUT2D eigenvalue weighted by atomic mass is 10.1. The lowest BCUT2D eigenvalue weighted by molar-refractivity contribution is 0.228. The van der Waals surface area contributed by atoms with E-state index in [2.05, 4.69) is 15.3 Å². The van der Waals surface area contributed by atoms with Crippen LogP contribution in [-0.2, 0) is 0 Å². The summed E-state index contributed by atoms with van der Waals surface area (Å²) in [6, 6.07) is 11.4. The SMILES string of the molecule is Fc1ccc2[nH]c3c(OC4CCNC4)c4[nH]c5ccc(F)cc5c4cc3c2c1. The Hall–Kier alpha value is -3.12. The van der Waals surface area contributed by atoms with Crippen LogP contribution in [0.25, 0.3) is 43.6 Å². The lowest BCUT2D eigenvalue weighted by Gasteiger charge is -2.14. The van der Waals surface area contributed by atoms with Gasteiger partial charge in [0.25, 0.3) is 0 Å². The predicted octanol–water partition coefficient (Wildman–Crippen LogP) is 4.97. The van der Waals surface area contributed by atoms with Crippen LogP contribution in [0.5, 0.6) is 5.75 Å². The van der Waals surface area contributed by atoms with Crippen LogP contribution >= 0.6 is 0 Å². The maximum atomic E-state index is 13.9. The Bertz CT molecular complexity index is 1280. The van der Waals surface area contributed by atoms with Gasteiger partial charge >= 0.3 is 0 Å². The third kappa shape index (κ3) is 2.24. The van der Waals surface area contributed by atoms with Crippen LogP contribution in [0, 0.1) is 11.6 Å². The van der Waals surface area contributed by atoms with Crippen LogP contribution < -0.4 is 10.1 Å². The van der Waals surface area contributed by atoms with E-state index in [4.69, 9.17) is 4.74 Å². The molecule has 0 aliphatic carbocycles. The first-order chi connectivity index (χ1) is 13.7. The van der Waals surface area contributed by atoms with Crippen LogP contribution in [0.1, 0.15) is 6.42 Å². The summed E-state index contributed by atoms with van der Waals surface area (Å²) < 4.78 is 34.3. The molecule has 1 aliphatic heterocycles. The van der Waals surface area contributed by atoms with Crippen molar-refractivity contribution < 1.29 is 13.5 Å².